The molecular formula is C18H18FN5O. The van der Waals surface area contributed by atoms with Crippen LogP contribution in [0.25, 0.3) is 11.0 Å². The number of ketones is 1. The number of hydrogen-bond acceptors (Lipinski definition) is 5. The van der Waals surface area contributed by atoms with Gasteiger partial charge in [0.15, 0.2) is 23.1 Å². The van der Waals surface area contributed by atoms with Crippen LogP contribution in [-0.4, -0.2) is 27.5 Å². The minimum atomic E-state index is -0.463. The van der Waals surface area contributed by atoms with Gasteiger partial charge in [-0.3, -0.25) is 9.89 Å². The number of nitrogens with zero attached hydrogens (tertiary/aromatic N) is 2. The molecule has 0 fully saturated rings. The third-order valence-electron chi connectivity index (χ3n) is 4.41. The van der Waals surface area contributed by atoms with Crippen LogP contribution in [0, 0.1) is 5.82 Å². The Labute approximate surface area is 143 Å². The van der Waals surface area contributed by atoms with Crippen LogP contribution >= 0.6 is 0 Å². The van der Waals surface area contributed by atoms with Crippen LogP contribution < -0.4 is 10.6 Å². The highest BCUT2D eigenvalue weighted by molar-refractivity contribution is 5.90. The van der Waals surface area contributed by atoms with Crippen LogP contribution in [0.3, 0.4) is 0 Å². The number of carbonyl (C=O) groups is 1. The van der Waals surface area contributed by atoms with Crippen LogP contribution in [0.2, 0.25) is 0 Å². The number of aromatic nitrogens is 3. The molecule has 0 spiro atoms. The van der Waals surface area contributed by atoms with Crippen molar-refractivity contribution >= 4 is 34.1 Å². The standard InChI is InChI=1S/C18H18FN5O/c1-10(25)9-20-16-13-8-14(19)18(22-17(13)24-23-16)21-15-7-3-5-11-4-2-6-12(11)15/h3,5,7-8H,2,4,6,9H2,1H3,(H3,20,21,22,23,24). The predicted molar refractivity (Wildman–Crippen MR) is 94.8 cm³/mol. The zero-order chi connectivity index (χ0) is 17.4. The smallest absolute Gasteiger partial charge is 0.169 e. The Hall–Kier alpha value is -2.96. The number of carbonyl (C=O) groups excluding carboxylic acids is 1. The van der Waals surface area contributed by atoms with Crippen molar-refractivity contribution < 1.29 is 9.18 Å². The van der Waals surface area contributed by atoms with Gasteiger partial charge < -0.3 is 10.6 Å². The Balaban J connectivity index is 1.66. The molecule has 2 heterocycles. The van der Waals surface area contributed by atoms with Crippen molar-refractivity contribution in [1.29, 1.82) is 0 Å². The van der Waals surface area contributed by atoms with E-state index in [9.17, 15) is 9.18 Å². The Morgan fingerprint density at radius 1 is 1.32 bits per heavy atom. The van der Waals surface area contributed by atoms with Gasteiger partial charge in [0.2, 0.25) is 0 Å². The molecule has 3 aromatic rings. The van der Waals surface area contributed by atoms with E-state index in [1.165, 1.54) is 24.1 Å². The number of aromatic amines is 1. The van der Waals surface area contributed by atoms with Gasteiger partial charge in [-0.1, -0.05) is 12.1 Å². The lowest BCUT2D eigenvalue weighted by Gasteiger charge is -2.11. The number of nitrogens with one attached hydrogen (secondary N) is 3. The number of hydrogen-bond donors (Lipinski definition) is 3. The summed E-state index contributed by atoms with van der Waals surface area (Å²) in [6.45, 7) is 1.61. The molecule has 2 aromatic heterocycles. The molecule has 6 nitrogen and oxygen atoms in total. The molecule has 0 amide bonds. The van der Waals surface area contributed by atoms with Crippen molar-refractivity contribution in [3.8, 4) is 0 Å². The molecule has 0 saturated heterocycles. The lowest BCUT2D eigenvalue weighted by Crippen LogP contribution is -2.10. The fourth-order valence-corrected chi connectivity index (χ4v) is 3.22. The number of rotatable bonds is 5. The van der Waals surface area contributed by atoms with E-state index in [2.05, 4.69) is 31.9 Å². The van der Waals surface area contributed by atoms with Crippen LogP contribution in [0.5, 0.6) is 0 Å². The van der Waals surface area contributed by atoms with Gasteiger partial charge in [-0.05, 0) is 49.4 Å². The Morgan fingerprint density at radius 2 is 2.20 bits per heavy atom. The number of benzene rings is 1. The number of anilines is 3. The van der Waals surface area contributed by atoms with Crippen LogP contribution in [0.4, 0.5) is 21.7 Å². The maximum absolute atomic E-state index is 14.6. The first-order valence-corrected chi connectivity index (χ1v) is 8.27. The minimum absolute atomic E-state index is 0.0270. The van der Waals surface area contributed by atoms with Crippen molar-refractivity contribution in [2.24, 2.45) is 0 Å². The molecule has 1 aromatic carbocycles. The Morgan fingerprint density at radius 3 is 3.04 bits per heavy atom. The van der Waals surface area contributed by atoms with Gasteiger partial charge in [0.25, 0.3) is 0 Å². The summed E-state index contributed by atoms with van der Waals surface area (Å²) in [5.74, 6) is 0.0921. The summed E-state index contributed by atoms with van der Waals surface area (Å²) in [6.07, 6.45) is 3.17. The maximum atomic E-state index is 14.6. The highest BCUT2D eigenvalue weighted by Gasteiger charge is 2.17. The summed E-state index contributed by atoms with van der Waals surface area (Å²) in [4.78, 5) is 15.4. The third kappa shape index (κ3) is 2.93. The average molecular weight is 339 g/mol. The molecule has 128 valence electrons. The van der Waals surface area contributed by atoms with Gasteiger partial charge in [-0.2, -0.15) is 5.10 Å². The van der Waals surface area contributed by atoms with E-state index in [0.717, 1.165) is 24.9 Å². The van der Waals surface area contributed by atoms with Gasteiger partial charge >= 0.3 is 0 Å². The largest absolute Gasteiger partial charge is 0.361 e. The van der Waals surface area contributed by atoms with E-state index >= 15 is 0 Å². The van der Waals surface area contributed by atoms with E-state index in [1.54, 1.807) is 0 Å². The summed E-state index contributed by atoms with van der Waals surface area (Å²) in [5.41, 5.74) is 3.90. The van der Waals surface area contributed by atoms with E-state index in [1.807, 2.05) is 12.1 Å². The topological polar surface area (TPSA) is 82.7 Å². The van der Waals surface area contributed by atoms with Crippen molar-refractivity contribution in [2.45, 2.75) is 26.2 Å². The first-order chi connectivity index (χ1) is 12.1. The molecule has 0 saturated carbocycles. The maximum Gasteiger partial charge on any atom is 0.169 e. The fourth-order valence-electron chi connectivity index (χ4n) is 3.22. The quantitative estimate of drug-likeness (QED) is 0.664. The zero-order valence-electron chi connectivity index (χ0n) is 13.8. The molecule has 25 heavy (non-hydrogen) atoms. The van der Waals surface area contributed by atoms with Crippen molar-refractivity contribution in [2.75, 3.05) is 17.2 Å². The molecule has 1 aliphatic carbocycles. The normalized spacial score (nSPS) is 13.0. The molecular weight excluding hydrogens is 321 g/mol. The van der Waals surface area contributed by atoms with Gasteiger partial charge in [-0.15, -0.1) is 0 Å². The summed E-state index contributed by atoms with van der Waals surface area (Å²) in [5, 5.41) is 13.4. The molecule has 0 radical (unpaired) electrons. The molecule has 0 aliphatic heterocycles. The van der Waals surface area contributed by atoms with Crippen LogP contribution in [0.1, 0.15) is 24.5 Å². The molecule has 0 unspecified atom stereocenters. The highest BCUT2D eigenvalue weighted by Crippen LogP contribution is 2.32. The first-order valence-electron chi connectivity index (χ1n) is 8.27. The number of H-pyrrole nitrogens is 1. The van der Waals surface area contributed by atoms with E-state index in [-0.39, 0.29) is 18.1 Å². The summed E-state index contributed by atoms with van der Waals surface area (Å²) in [6, 6.07) is 7.41. The molecule has 4 rings (SSSR count). The first kappa shape index (κ1) is 15.6. The highest BCUT2D eigenvalue weighted by atomic mass is 19.1. The number of fused-ring (bicyclic) bond motifs is 2. The van der Waals surface area contributed by atoms with E-state index in [0.29, 0.717) is 16.9 Å². The Bertz CT molecular complexity index is 965. The molecule has 1 aliphatic rings. The second-order valence-electron chi connectivity index (χ2n) is 6.26. The average Bonchev–Trinajstić information content (AvgIpc) is 3.20. The van der Waals surface area contributed by atoms with Gasteiger partial charge in [0.05, 0.1) is 11.9 Å². The Kier molecular flexibility index (Phi) is 3.83. The molecule has 3 N–H and O–H groups in total. The van der Waals surface area contributed by atoms with Crippen molar-refractivity contribution in [3.63, 3.8) is 0 Å². The lowest BCUT2D eigenvalue weighted by molar-refractivity contribution is -0.115. The van der Waals surface area contributed by atoms with Crippen molar-refractivity contribution in [3.05, 3.63) is 41.2 Å². The number of pyridine rings is 1. The second-order valence-corrected chi connectivity index (χ2v) is 6.26. The van der Waals surface area contributed by atoms with E-state index in [4.69, 9.17) is 0 Å². The third-order valence-corrected chi connectivity index (χ3v) is 4.41. The van der Waals surface area contributed by atoms with Gasteiger partial charge in [0.1, 0.15) is 5.78 Å². The van der Waals surface area contributed by atoms with Crippen LogP contribution in [-0.2, 0) is 17.6 Å². The van der Waals surface area contributed by atoms with Crippen molar-refractivity contribution in [1.82, 2.24) is 15.2 Å². The van der Waals surface area contributed by atoms with E-state index < -0.39 is 5.82 Å². The minimum Gasteiger partial charge on any atom is -0.361 e. The monoisotopic (exact) mass is 339 g/mol. The lowest BCUT2D eigenvalue weighted by atomic mass is 10.1. The number of aryl methyl sites for hydroxylation is 1. The van der Waals surface area contributed by atoms with Gasteiger partial charge in [-0.25, -0.2) is 9.37 Å². The fraction of sp³-hybridized carbons (Fsp3) is 0.278. The SMILES string of the molecule is CC(=O)CNc1n[nH]c2nc(Nc3cccc4c3CCC4)c(F)cc12. The number of Topliss-reactive ketones (excluding diaryl/α,β-unsaturated/α-hetero) is 1. The zero-order valence-corrected chi connectivity index (χ0v) is 13.8. The number of halogens is 1. The predicted octanol–water partition coefficient (Wildman–Crippen LogP) is 3.33. The van der Waals surface area contributed by atoms with Gasteiger partial charge in [0, 0.05) is 5.69 Å². The molecule has 0 bridgehead atoms. The molecule has 7 heteroatoms. The summed E-state index contributed by atoms with van der Waals surface area (Å²) in [7, 11) is 0. The molecule has 0 atom stereocenters. The summed E-state index contributed by atoms with van der Waals surface area (Å²) < 4.78 is 14.6. The second kappa shape index (κ2) is 6.16. The van der Waals surface area contributed by atoms with Crippen LogP contribution in [0.15, 0.2) is 24.3 Å². The summed E-state index contributed by atoms with van der Waals surface area (Å²) >= 11 is 0.